The van der Waals surface area contributed by atoms with Gasteiger partial charge < -0.3 is 4.52 Å². The lowest BCUT2D eigenvalue weighted by atomic mass is 10.0. The van der Waals surface area contributed by atoms with E-state index in [1.165, 1.54) is 12.1 Å². The lowest BCUT2D eigenvalue weighted by molar-refractivity contribution is 0.206. The first-order valence-corrected chi connectivity index (χ1v) is 10.5. The van der Waals surface area contributed by atoms with E-state index in [1.54, 1.807) is 6.07 Å². The van der Waals surface area contributed by atoms with Gasteiger partial charge in [-0.1, -0.05) is 28.9 Å². The number of benzene rings is 2. The highest BCUT2D eigenvalue weighted by Crippen LogP contribution is 2.36. The molecule has 1 saturated heterocycles. The third-order valence-corrected chi connectivity index (χ3v) is 5.90. The summed E-state index contributed by atoms with van der Waals surface area (Å²) in [6.07, 6.45) is 2.14. The molecule has 2 aromatic heterocycles. The zero-order valence-electron chi connectivity index (χ0n) is 16.6. The van der Waals surface area contributed by atoms with E-state index in [1.807, 2.05) is 37.3 Å². The fourth-order valence-electron chi connectivity index (χ4n) is 4.29. The molecule has 0 spiro atoms. The number of likely N-dealkylation sites (tertiary alicyclic amines) is 1. The van der Waals surface area contributed by atoms with Crippen LogP contribution in [0.15, 0.2) is 59.1 Å². The van der Waals surface area contributed by atoms with Crippen LogP contribution < -0.4 is 0 Å². The summed E-state index contributed by atoms with van der Waals surface area (Å²) in [4.78, 5) is 7.23. The summed E-state index contributed by atoms with van der Waals surface area (Å²) in [6.45, 7) is 3.63. The molecule has 0 saturated carbocycles. The Balaban J connectivity index is 1.58. The minimum Gasteiger partial charge on any atom is -0.359 e. The standard InChI is InChI=1S/C24H21ClFN3O/c1-15-10-23(30-28-15)22-6-3-9-29(22)14-18-11-16-7-8-20(26)13-21(16)27-24(18)17-4-2-5-19(25)12-17/h2,4-5,7-8,10-13,22H,3,6,9,14H2,1H3. The van der Waals surface area contributed by atoms with Gasteiger partial charge in [-0.15, -0.1) is 0 Å². The molecule has 152 valence electrons. The molecule has 0 N–H and O–H groups in total. The van der Waals surface area contributed by atoms with Crippen LogP contribution in [0.2, 0.25) is 5.02 Å². The predicted molar refractivity (Wildman–Crippen MR) is 116 cm³/mol. The zero-order chi connectivity index (χ0) is 20.7. The van der Waals surface area contributed by atoms with Crippen molar-refractivity contribution in [1.29, 1.82) is 0 Å². The fourth-order valence-corrected chi connectivity index (χ4v) is 4.48. The van der Waals surface area contributed by atoms with E-state index in [0.717, 1.165) is 53.0 Å². The number of halogens is 2. The van der Waals surface area contributed by atoms with Gasteiger partial charge in [-0.05, 0) is 62.2 Å². The molecule has 1 aliphatic heterocycles. The van der Waals surface area contributed by atoms with Crippen LogP contribution in [0.5, 0.6) is 0 Å². The average Bonchev–Trinajstić information content (AvgIpc) is 3.36. The van der Waals surface area contributed by atoms with E-state index >= 15 is 0 Å². The lowest BCUT2D eigenvalue weighted by Gasteiger charge is -2.24. The number of aryl methyl sites for hydroxylation is 1. The Morgan fingerprint density at radius 1 is 1.17 bits per heavy atom. The number of pyridine rings is 1. The normalized spacial score (nSPS) is 17.1. The molecule has 4 nitrogen and oxygen atoms in total. The third kappa shape index (κ3) is 3.71. The molecule has 5 rings (SSSR count). The molecule has 0 bridgehead atoms. The van der Waals surface area contributed by atoms with Gasteiger partial charge in [0.05, 0.1) is 22.9 Å². The summed E-state index contributed by atoms with van der Waals surface area (Å²) in [5, 5.41) is 5.63. The Hall–Kier alpha value is -2.76. The molecule has 0 amide bonds. The monoisotopic (exact) mass is 421 g/mol. The molecule has 1 aliphatic rings. The lowest BCUT2D eigenvalue weighted by Crippen LogP contribution is -2.23. The molecule has 3 heterocycles. The molecule has 1 unspecified atom stereocenters. The maximum absolute atomic E-state index is 13.8. The number of nitrogens with zero attached hydrogens (tertiary/aromatic N) is 3. The maximum Gasteiger partial charge on any atom is 0.154 e. The highest BCUT2D eigenvalue weighted by Gasteiger charge is 2.30. The van der Waals surface area contributed by atoms with Crippen molar-refractivity contribution >= 4 is 22.5 Å². The first-order valence-electron chi connectivity index (χ1n) is 10.1. The van der Waals surface area contributed by atoms with E-state index in [4.69, 9.17) is 21.1 Å². The van der Waals surface area contributed by atoms with Crippen molar-refractivity contribution in [2.45, 2.75) is 32.4 Å². The van der Waals surface area contributed by atoms with Gasteiger partial charge in [-0.3, -0.25) is 4.90 Å². The Morgan fingerprint density at radius 2 is 2.07 bits per heavy atom. The van der Waals surface area contributed by atoms with Crippen molar-refractivity contribution in [2.24, 2.45) is 0 Å². The molecule has 0 radical (unpaired) electrons. The van der Waals surface area contributed by atoms with Crippen LogP contribution in [0.25, 0.3) is 22.2 Å². The summed E-state index contributed by atoms with van der Waals surface area (Å²) < 4.78 is 19.4. The van der Waals surface area contributed by atoms with E-state index in [0.29, 0.717) is 17.1 Å². The van der Waals surface area contributed by atoms with Crippen LogP contribution >= 0.6 is 11.6 Å². The third-order valence-electron chi connectivity index (χ3n) is 5.67. The Bertz CT molecular complexity index is 1220. The quantitative estimate of drug-likeness (QED) is 0.386. The summed E-state index contributed by atoms with van der Waals surface area (Å²) in [7, 11) is 0. The molecule has 1 fully saturated rings. The Morgan fingerprint density at radius 3 is 2.87 bits per heavy atom. The second kappa shape index (κ2) is 7.82. The Kier molecular flexibility index (Phi) is 5.01. The van der Waals surface area contributed by atoms with Crippen molar-refractivity contribution < 1.29 is 8.91 Å². The molecule has 0 aliphatic carbocycles. The van der Waals surface area contributed by atoms with Crippen LogP contribution in [0.3, 0.4) is 0 Å². The van der Waals surface area contributed by atoms with Crippen molar-refractivity contribution in [2.75, 3.05) is 6.54 Å². The van der Waals surface area contributed by atoms with Crippen LogP contribution in [0.1, 0.15) is 35.9 Å². The SMILES string of the molecule is Cc1cc(C2CCCN2Cc2cc3ccc(F)cc3nc2-c2cccc(Cl)c2)on1. The zero-order valence-corrected chi connectivity index (χ0v) is 17.4. The minimum atomic E-state index is -0.292. The number of hydrogen-bond donors (Lipinski definition) is 0. The van der Waals surface area contributed by atoms with Gasteiger partial charge in [0.15, 0.2) is 5.76 Å². The van der Waals surface area contributed by atoms with E-state index in [9.17, 15) is 4.39 Å². The molecule has 6 heteroatoms. The minimum absolute atomic E-state index is 0.197. The van der Waals surface area contributed by atoms with Crippen molar-refractivity contribution in [3.05, 3.63) is 82.5 Å². The highest BCUT2D eigenvalue weighted by atomic mass is 35.5. The van der Waals surface area contributed by atoms with Gasteiger partial charge in [-0.2, -0.15) is 0 Å². The number of hydrogen-bond acceptors (Lipinski definition) is 4. The van der Waals surface area contributed by atoms with Crippen molar-refractivity contribution in [3.63, 3.8) is 0 Å². The second-order valence-corrected chi connectivity index (χ2v) is 8.28. The number of aromatic nitrogens is 2. The second-order valence-electron chi connectivity index (χ2n) is 7.84. The summed E-state index contributed by atoms with van der Waals surface area (Å²) >= 11 is 6.25. The van der Waals surface area contributed by atoms with Gasteiger partial charge >= 0.3 is 0 Å². The van der Waals surface area contributed by atoms with Gasteiger partial charge in [0.2, 0.25) is 0 Å². The van der Waals surface area contributed by atoms with Gasteiger partial charge in [0, 0.05) is 34.6 Å². The summed E-state index contributed by atoms with van der Waals surface area (Å²) in [5.74, 6) is 0.616. The summed E-state index contributed by atoms with van der Waals surface area (Å²) in [5.41, 5.74) is 4.37. The van der Waals surface area contributed by atoms with Crippen LogP contribution in [-0.4, -0.2) is 21.6 Å². The molecule has 2 aromatic carbocycles. The fraction of sp³-hybridized carbons (Fsp3) is 0.250. The maximum atomic E-state index is 13.8. The van der Waals surface area contributed by atoms with Crippen molar-refractivity contribution in [3.8, 4) is 11.3 Å². The molecular formula is C24H21ClFN3O. The molecule has 4 aromatic rings. The molecular weight excluding hydrogens is 401 g/mol. The first-order chi connectivity index (χ1) is 14.6. The average molecular weight is 422 g/mol. The number of fused-ring (bicyclic) bond motifs is 1. The molecule has 1 atom stereocenters. The Labute approximate surface area is 179 Å². The topological polar surface area (TPSA) is 42.2 Å². The first kappa shape index (κ1) is 19.2. The van der Waals surface area contributed by atoms with E-state index < -0.39 is 0 Å². The van der Waals surface area contributed by atoms with Gasteiger partial charge in [0.25, 0.3) is 0 Å². The van der Waals surface area contributed by atoms with Crippen LogP contribution in [-0.2, 0) is 6.54 Å². The van der Waals surface area contributed by atoms with E-state index in [2.05, 4.69) is 16.1 Å². The largest absolute Gasteiger partial charge is 0.359 e. The van der Waals surface area contributed by atoms with Gasteiger partial charge in [-0.25, -0.2) is 9.37 Å². The highest BCUT2D eigenvalue weighted by molar-refractivity contribution is 6.30. The van der Waals surface area contributed by atoms with Crippen molar-refractivity contribution in [1.82, 2.24) is 15.0 Å². The smallest absolute Gasteiger partial charge is 0.154 e. The predicted octanol–water partition coefficient (Wildman–Crippen LogP) is 6.33. The summed E-state index contributed by atoms with van der Waals surface area (Å²) in [6, 6.07) is 16.7. The molecule has 30 heavy (non-hydrogen) atoms. The number of rotatable bonds is 4. The van der Waals surface area contributed by atoms with E-state index in [-0.39, 0.29) is 11.9 Å². The van der Waals surface area contributed by atoms with Gasteiger partial charge in [0.1, 0.15) is 5.82 Å². The van der Waals surface area contributed by atoms with Crippen LogP contribution in [0, 0.1) is 12.7 Å². The van der Waals surface area contributed by atoms with Crippen LogP contribution in [0.4, 0.5) is 4.39 Å².